The summed E-state index contributed by atoms with van der Waals surface area (Å²) in [6, 6.07) is 0. The Bertz CT molecular complexity index is 1200. The van der Waals surface area contributed by atoms with Gasteiger partial charge in [0.2, 0.25) is 0 Å². The van der Waals surface area contributed by atoms with Gasteiger partial charge in [0.25, 0.3) is 0 Å². The number of carbonyl (C=O) groups is 3. The van der Waals surface area contributed by atoms with Gasteiger partial charge < -0.3 is 14.2 Å². The molecule has 0 aliphatic rings. The van der Waals surface area contributed by atoms with E-state index in [1.165, 1.54) is 193 Å². The number of hydrogen-bond acceptors (Lipinski definition) is 6. The summed E-state index contributed by atoms with van der Waals surface area (Å²) >= 11 is 0. The molecule has 0 amide bonds. The molecule has 0 rings (SSSR count). The molecule has 0 aliphatic carbocycles. The first-order chi connectivity index (χ1) is 34.0. The van der Waals surface area contributed by atoms with Gasteiger partial charge in [0, 0.05) is 19.3 Å². The Morgan fingerprint density at radius 3 is 0.884 bits per heavy atom. The van der Waals surface area contributed by atoms with Crippen molar-refractivity contribution in [2.24, 2.45) is 0 Å². The molecule has 0 spiro atoms. The predicted octanol–water partition coefficient (Wildman–Crippen LogP) is 20.2. The normalized spacial score (nSPS) is 12.3. The minimum atomic E-state index is -0.768. The molecule has 0 aromatic heterocycles. The number of allylic oxidation sites excluding steroid dienone is 8. The minimum Gasteiger partial charge on any atom is -0.462 e. The van der Waals surface area contributed by atoms with E-state index >= 15 is 0 Å². The number of hydrogen-bond donors (Lipinski definition) is 0. The van der Waals surface area contributed by atoms with Gasteiger partial charge in [-0.2, -0.15) is 0 Å². The van der Waals surface area contributed by atoms with Crippen molar-refractivity contribution in [1.82, 2.24) is 0 Å². The lowest BCUT2D eigenvalue weighted by Gasteiger charge is -2.18. The lowest BCUT2D eigenvalue weighted by molar-refractivity contribution is -0.167. The topological polar surface area (TPSA) is 78.9 Å². The molecule has 0 aliphatic heterocycles. The highest BCUT2D eigenvalue weighted by atomic mass is 16.6. The van der Waals surface area contributed by atoms with Gasteiger partial charge >= 0.3 is 17.9 Å². The van der Waals surface area contributed by atoms with Crippen LogP contribution in [0.5, 0.6) is 0 Å². The zero-order valence-corrected chi connectivity index (χ0v) is 46.1. The van der Waals surface area contributed by atoms with E-state index in [0.717, 1.165) is 83.5 Å². The Hall–Kier alpha value is -2.63. The third-order valence-corrected chi connectivity index (χ3v) is 13.3. The molecule has 0 heterocycles. The molecule has 0 aromatic carbocycles. The highest BCUT2D eigenvalue weighted by Crippen LogP contribution is 2.17. The lowest BCUT2D eigenvalue weighted by atomic mass is 10.0. The van der Waals surface area contributed by atoms with Crippen molar-refractivity contribution in [1.29, 1.82) is 0 Å². The van der Waals surface area contributed by atoms with E-state index in [4.69, 9.17) is 14.2 Å². The summed E-state index contributed by atoms with van der Waals surface area (Å²) in [5, 5.41) is 0. The second-order valence-electron chi connectivity index (χ2n) is 20.2. The molecule has 0 fully saturated rings. The van der Waals surface area contributed by atoms with Gasteiger partial charge in [-0.15, -0.1) is 0 Å². The van der Waals surface area contributed by atoms with Gasteiger partial charge in [-0.3, -0.25) is 14.4 Å². The average Bonchev–Trinajstić information content (AvgIpc) is 3.35. The second-order valence-corrected chi connectivity index (χ2v) is 20.2. The predicted molar refractivity (Wildman–Crippen MR) is 298 cm³/mol. The van der Waals surface area contributed by atoms with Crippen LogP contribution in [-0.2, 0) is 28.6 Å². The van der Waals surface area contributed by atoms with Crippen LogP contribution in [0.1, 0.15) is 316 Å². The number of carbonyl (C=O) groups excluding carboxylic acids is 3. The quantitative estimate of drug-likeness (QED) is 0.0262. The van der Waals surface area contributed by atoms with E-state index in [-0.39, 0.29) is 31.1 Å². The highest BCUT2D eigenvalue weighted by Gasteiger charge is 2.19. The van der Waals surface area contributed by atoms with Crippen molar-refractivity contribution in [2.45, 2.75) is 322 Å². The van der Waals surface area contributed by atoms with E-state index in [9.17, 15) is 14.4 Å². The van der Waals surface area contributed by atoms with E-state index < -0.39 is 6.10 Å². The van der Waals surface area contributed by atoms with Gasteiger partial charge in [0.05, 0.1) is 0 Å². The molecule has 6 nitrogen and oxygen atoms in total. The second kappa shape index (κ2) is 57.9. The summed E-state index contributed by atoms with van der Waals surface area (Å²) in [5.74, 6) is -0.851. The molecule has 402 valence electrons. The van der Waals surface area contributed by atoms with Crippen molar-refractivity contribution in [3.8, 4) is 0 Å². The number of esters is 3. The van der Waals surface area contributed by atoms with Crippen LogP contribution in [-0.4, -0.2) is 37.2 Å². The summed E-state index contributed by atoms with van der Waals surface area (Å²) in [7, 11) is 0. The third-order valence-electron chi connectivity index (χ3n) is 13.3. The van der Waals surface area contributed by atoms with Crippen LogP contribution in [0.4, 0.5) is 0 Å². The first kappa shape index (κ1) is 66.4. The number of ether oxygens (including phenoxy) is 3. The molecule has 0 saturated carbocycles. The lowest BCUT2D eigenvalue weighted by Crippen LogP contribution is -2.30. The maximum Gasteiger partial charge on any atom is 0.306 e. The molecule has 69 heavy (non-hydrogen) atoms. The van der Waals surface area contributed by atoms with Crippen LogP contribution in [0, 0.1) is 0 Å². The van der Waals surface area contributed by atoms with Crippen LogP contribution in [0.3, 0.4) is 0 Å². The Balaban J connectivity index is 4.22. The minimum absolute atomic E-state index is 0.0679. The van der Waals surface area contributed by atoms with Gasteiger partial charge in [-0.1, -0.05) is 288 Å². The average molecular weight is 968 g/mol. The molecular weight excluding hydrogens is 853 g/mol. The first-order valence-corrected chi connectivity index (χ1v) is 30.1. The van der Waals surface area contributed by atoms with Crippen molar-refractivity contribution in [3.05, 3.63) is 48.6 Å². The fourth-order valence-electron chi connectivity index (χ4n) is 8.85. The van der Waals surface area contributed by atoms with Crippen molar-refractivity contribution in [3.63, 3.8) is 0 Å². The molecule has 1 atom stereocenters. The fourth-order valence-corrected chi connectivity index (χ4v) is 8.85. The Kier molecular flexibility index (Phi) is 55.7. The van der Waals surface area contributed by atoms with Gasteiger partial charge in [0.1, 0.15) is 13.2 Å². The largest absolute Gasteiger partial charge is 0.462 e. The Labute approximate surface area is 428 Å². The summed E-state index contributed by atoms with van der Waals surface area (Å²) in [6.45, 7) is 6.56. The van der Waals surface area contributed by atoms with E-state index in [0.29, 0.717) is 19.3 Å². The van der Waals surface area contributed by atoms with E-state index in [1.807, 2.05) is 0 Å². The number of unbranched alkanes of at least 4 members (excludes halogenated alkanes) is 36. The van der Waals surface area contributed by atoms with E-state index in [2.05, 4.69) is 69.4 Å². The zero-order chi connectivity index (χ0) is 50.0. The SMILES string of the molecule is CC/C=C\C/C=C\C/C=C\C/C=C\CCCCCCCCCCCCCCC(=O)OCC(COC(=O)CCCCCCCCCCCCCCC)OC(=O)CCCCCCCCCCCCCCC. The maximum absolute atomic E-state index is 12.8. The zero-order valence-electron chi connectivity index (χ0n) is 46.1. The molecule has 0 saturated heterocycles. The standard InChI is InChI=1S/C63H114O6/c1-4-7-10-13-16-19-22-25-26-27-28-29-30-31-32-33-34-35-36-39-41-44-47-50-53-56-62(65)68-59-60(69-63(66)57-54-51-48-45-42-38-24-21-18-15-12-9-6-3)58-67-61(64)55-52-49-46-43-40-37-23-20-17-14-11-8-5-2/h7,10,16,19,25-26,28-29,60H,4-6,8-9,11-15,17-18,20-24,27,30-59H2,1-3H3/b10-7-,19-16-,26-25-,29-28-. The monoisotopic (exact) mass is 967 g/mol. The summed E-state index contributed by atoms with van der Waals surface area (Å²) in [6.07, 6.45) is 71.1. The molecular formula is C63H114O6. The fraction of sp³-hybridized carbons (Fsp3) is 0.825. The van der Waals surface area contributed by atoms with Crippen LogP contribution >= 0.6 is 0 Å². The van der Waals surface area contributed by atoms with E-state index in [1.54, 1.807) is 0 Å². The van der Waals surface area contributed by atoms with Crippen molar-refractivity contribution < 1.29 is 28.6 Å². The summed E-state index contributed by atoms with van der Waals surface area (Å²) in [4.78, 5) is 38.2. The molecule has 0 N–H and O–H groups in total. The molecule has 0 aromatic rings. The molecule has 6 heteroatoms. The van der Waals surface area contributed by atoms with Gasteiger partial charge in [-0.25, -0.2) is 0 Å². The Morgan fingerprint density at radius 1 is 0.304 bits per heavy atom. The van der Waals surface area contributed by atoms with Crippen LogP contribution in [0.15, 0.2) is 48.6 Å². The van der Waals surface area contributed by atoms with Crippen molar-refractivity contribution >= 4 is 17.9 Å². The number of rotatable bonds is 55. The third kappa shape index (κ3) is 56.2. The van der Waals surface area contributed by atoms with Gasteiger partial charge in [0.15, 0.2) is 6.10 Å². The maximum atomic E-state index is 12.8. The smallest absolute Gasteiger partial charge is 0.306 e. The van der Waals surface area contributed by atoms with Crippen LogP contribution in [0.2, 0.25) is 0 Å². The van der Waals surface area contributed by atoms with Crippen LogP contribution < -0.4 is 0 Å². The summed E-state index contributed by atoms with van der Waals surface area (Å²) < 4.78 is 16.9. The van der Waals surface area contributed by atoms with Crippen molar-refractivity contribution in [2.75, 3.05) is 13.2 Å². The molecule has 0 bridgehead atoms. The van der Waals surface area contributed by atoms with Gasteiger partial charge in [-0.05, 0) is 57.8 Å². The Morgan fingerprint density at radius 2 is 0.565 bits per heavy atom. The highest BCUT2D eigenvalue weighted by molar-refractivity contribution is 5.71. The molecule has 1 unspecified atom stereocenters. The van der Waals surface area contributed by atoms with Crippen LogP contribution in [0.25, 0.3) is 0 Å². The molecule has 0 radical (unpaired) electrons. The first-order valence-electron chi connectivity index (χ1n) is 30.1. The summed E-state index contributed by atoms with van der Waals surface area (Å²) in [5.41, 5.74) is 0.